The highest BCUT2D eigenvalue weighted by molar-refractivity contribution is 6.12. The van der Waals surface area contributed by atoms with Crippen molar-refractivity contribution in [3.8, 4) is 0 Å². The van der Waals surface area contributed by atoms with E-state index < -0.39 is 17.6 Å². The molecule has 0 fully saturated rings. The second-order valence-corrected chi connectivity index (χ2v) is 3.62. The fraction of sp³-hybridized carbons (Fsp3) is 0.273. The molecule has 1 heterocycles. The van der Waals surface area contributed by atoms with Gasteiger partial charge in [-0.1, -0.05) is 6.92 Å². The fourth-order valence-corrected chi connectivity index (χ4v) is 1.52. The van der Waals surface area contributed by atoms with Crippen LogP contribution < -0.4 is 0 Å². The highest BCUT2D eigenvalue weighted by Crippen LogP contribution is 2.32. The second kappa shape index (κ2) is 3.22. The molecule has 2 nitrogen and oxygen atoms in total. The summed E-state index contributed by atoms with van der Waals surface area (Å²) >= 11 is 0. The van der Waals surface area contributed by atoms with Crippen LogP contribution in [0, 0.1) is 24.5 Å². The Morgan fingerprint density at radius 3 is 2.73 bits per heavy atom. The number of carbonyl (C=O) groups excluding carboxylic acids is 1. The standard InChI is InChI=1S/C11H9F2NO/c1-5-4-14-10-7(11(5)15)3-8(12)6(2)9(10)13/h3-5H,1-2H3. The van der Waals surface area contributed by atoms with Crippen LogP contribution in [0.1, 0.15) is 22.8 Å². The van der Waals surface area contributed by atoms with Gasteiger partial charge in [-0.05, 0) is 13.0 Å². The first-order valence-electron chi connectivity index (χ1n) is 4.59. The van der Waals surface area contributed by atoms with Crippen molar-refractivity contribution in [3.63, 3.8) is 0 Å². The Bertz CT molecular complexity index is 480. The van der Waals surface area contributed by atoms with Gasteiger partial charge in [-0.25, -0.2) is 8.78 Å². The highest BCUT2D eigenvalue weighted by Gasteiger charge is 2.26. The summed E-state index contributed by atoms with van der Waals surface area (Å²) in [6.07, 6.45) is 1.38. The van der Waals surface area contributed by atoms with Crippen molar-refractivity contribution in [1.29, 1.82) is 0 Å². The number of halogens is 2. The van der Waals surface area contributed by atoms with E-state index in [9.17, 15) is 13.6 Å². The molecular formula is C11H9F2NO. The Morgan fingerprint density at radius 2 is 2.07 bits per heavy atom. The minimum Gasteiger partial charge on any atom is -0.293 e. The monoisotopic (exact) mass is 209 g/mol. The minimum absolute atomic E-state index is 0.0330. The fourth-order valence-electron chi connectivity index (χ4n) is 1.52. The van der Waals surface area contributed by atoms with Gasteiger partial charge in [0.1, 0.15) is 11.5 Å². The maximum atomic E-state index is 13.5. The zero-order valence-corrected chi connectivity index (χ0v) is 8.34. The number of nitrogens with zero attached hydrogens (tertiary/aromatic N) is 1. The van der Waals surface area contributed by atoms with Crippen molar-refractivity contribution in [1.82, 2.24) is 0 Å². The normalized spacial score (nSPS) is 19.2. The van der Waals surface area contributed by atoms with Crippen LogP contribution >= 0.6 is 0 Å². The quantitative estimate of drug-likeness (QED) is 0.646. The molecule has 1 aromatic rings. The van der Waals surface area contributed by atoms with Crippen LogP contribution in [-0.2, 0) is 0 Å². The van der Waals surface area contributed by atoms with Gasteiger partial charge in [-0.2, -0.15) is 0 Å². The third-order valence-corrected chi connectivity index (χ3v) is 2.53. The first-order chi connectivity index (χ1) is 7.02. The van der Waals surface area contributed by atoms with Gasteiger partial charge in [0, 0.05) is 17.3 Å². The van der Waals surface area contributed by atoms with Gasteiger partial charge in [-0.3, -0.25) is 9.79 Å². The lowest BCUT2D eigenvalue weighted by Gasteiger charge is -2.15. The zero-order valence-electron chi connectivity index (χ0n) is 8.34. The number of hydrogen-bond donors (Lipinski definition) is 0. The Hall–Kier alpha value is -1.58. The molecule has 0 spiro atoms. The predicted molar refractivity (Wildman–Crippen MR) is 52.7 cm³/mol. The topological polar surface area (TPSA) is 29.4 Å². The molecule has 1 unspecified atom stereocenters. The summed E-state index contributed by atoms with van der Waals surface area (Å²) in [5.74, 6) is -2.16. The Labute approximate surface area is 85.6 Å². The lowest BCUT2D eigenvalue weighted by molar-refractivity contribution is 0.0961. The number of ketones is 1. The van der Waals surface area contributed by atoms with Crippen LogP contribution in [0.15, 0.2) is 11.1 Å². The van der Waals surface area contributed by atoms with E-state index in [4.69, 9.17) is 0 Å². The molecule has 4 heteroatoms. The molecule has 0 radical (unpaired) electrons. The molecule has 78 valence electrons. The third kappa shape index (κ3) is 1.37. The second-order valence-electron chi connectivity index (χ2n) is 3.62. The molecule has 15 heavy (non-hydrogen) atoms. The summed E-state index contributed by atoms with van der Waals surface area (Å²) in [4.78, 5) is 15.4. The van der Waals surface area contributed by atoms with Crippen LogP contribution in [0.4, 0.5) is 14.5 Å². The summed E-state index contributed by atoms with van der Waals surface area (Å²) in [5, 5.41) is 0. The van der Waals surface area contributed by atoms with E-state index >= 15 is 0 Å². The molecule has 0 saturated carbocycles. The lowest BCUT2D eigenvalue weighted by atomic mass is 9.94. The number of benzene rings is 1. The first kappa shape index (κ1) is 9.96. The van der Waals surface area contributed by atoms with Crippen molar-refractivity contribution in [2.75, 3.05) is 0 Å². The average Bonchev–Trinajstić information content (AvgIpc) is 2.21. The van der Waals surface area contributed by atoms with E-state index in [1.165, 1.54) is 13.1 Å². The molecule has 1 aromatic carbocycles. The molecule has 0 bridgehead atoms. The van der Waals surface area contributed by atoms with Crippen LogP contribution in [0.25, 0.3) is 0 Å². The number of rotatable bonds is 0. The van der Waals surface area contributed by atoms with E-state index in [0.717, 1.165) is 6.07 Å². The van der Waals surface area contributed by atoms with E-state index in [2.05, 4.69) is 4.99 Å². The van der Waals surface area contributed by atoms with Gasteiger partial charge in [0.15, 0.2) is 11.6 Å². The Morgan fingerprint density at radius 1 is 1.40 bits per heavy atom. The maximum absolute atomic E-state index is 13.5. The van der Waals surface area contributed by atoms with Crippen molar-refractivity contribution in [2.24, 2.45) is 10.9 Å². The lowest BCUT2D eigenvalue weighted by Crippen LogP contribution is -2.17. The molecule has 2 rings (SSSR count). The molecular weight excluding hydrogens is 200 g/mol. The summed E-state index contributed by atoms with van der Waals surface area (Å²) in [6.45, 7) is 2.97. The number of hydrogen-bond acceptors (Lipinski definition) is 2. The van der Waals surface area contributed by atoms with E-state index in [1.54, 1.807) is 6.92 Å². The number of aliphatic imine (C=N–C) groups is 1. The first-order valence-corrected chi connectivity index (χ1v) is 4.59. The molecule has 1 aliphatic rings. The van der Waals surface area contributed by atoms with E-state index in [0.29, 0.717) is 0 Å². The molecule has 0 aliphatic carbocycles. The van der Waals surface area contributed by atoms with Gasteiger partial charge in [0.05, 0.1) is 5.92 Å². The smallest absolute Gasteiger partial charge is 0.173 e. The molecule has 0 N–H and O–H groups in total. The van der Waals surface area contributed by atoms with Gasteiger partial charge < -0.3 is 0 Å². The van der Waals surface area contributed by atoms with Gasteiger partial charge >= 0.3 is 0 Å². The maximum Gasteiger partial charge on any atom is 0.173 e. The molecule has 1 aliphatic heterocycles. The third-order valence-electron chi connectivity index (χ3n) is 2.53. The van der Waals surface area contributed by atoms with Crippen molar-refractivity contribution in [3.05, 3.63) is 28.8 Å². The predicted octanol–water partition coefficient (Wildman–Crippen LogP) is 2.81. The van der Waals surface area contributed by atoms with E-state index in [-0.39, 0.29) is 22.6 Å². The number of fused-ring (bicyclic) bond motifs is 1. The summed E-state index contributed by atoms with van der Waals surface area (Å²) in [6, 6.07) is 1.06. The molecule has 0 amide bonds. The summed E-state index contributed by atoms with van der Waals surface area (Å²) < 4.78 is 26.8. The van der Waals surface area contributed by atoms with Crippen LogP contribution in [0.2, 0.25) is 0 Å². The highest BCUT2D eigenvalue weighted by atomic mass is 19.1. The van der Waals surface area contributed by atoms with Crippen LogP contribution in [0.3, 0.4) is 0 Å². The average molecular weight is 209 g/mol. The molecule has 1 atom stereocenters. The van der Waals surface area contributed by atoms with Crippen molar-refractivity contribution >= 4 is 17.7 Å². The van der Waals surface area contributed by atoms with E-state index in [1.807, 2.05) is 0 Å². The van der Waals surface area contributed by atoms with Gasteiger partial charge in [-0.15, -0.1) is 0 Å². The number of carbonyl (C=O) groups is 1. The van der Waals surface area contributed by atoms with Crippen LogP contribution in [-0.4, -0.2) is 12.0 Å². The largest absolute Gasteiger partial charge is 0.293 e. The molecule has 0 saturated heterocycles. The summed E-state index contributed by atoms with van der Waals surface area (Å²) in [5.41, 5.74) is -0.115. The summed E-state index contributed by atoms with van der Waals surface area (Å²) in [7, 11) is 0. The van der Waals surface area contributed by atoms with Gasteiger partial charge in [0.25, 0.3) is 0 Å². The van der Waals surface area contributed by atoms with Crippen molar-refractivity contribution < 1.29 is 13.6 Å². The Balaban J connectivity index is 2.74. The Kier molecular flexibility index (Phi) is 2.14. The zero-order chi connectivity index (χ0) is 11.2. The minimum atomic E-state index is -0.749. The van der Waals surface area contributed by atoms with Crippen molar-refractivity contribution in [2.45, 2.75) is 13.8 Å². The van der Waals surface area contributed by atoms with Gasteiger partial charge in [0.2, 0.25) is 0 Å². The SMILES string of the molecule is Cc1c(F)cc2c(c1F)N=CC(C)C2=O. The molecule has 0 aromatic heterocycles. The van der Waals surface area contributed by atoms with Crippen LogP contribution in [0.5, 0.6) is 0 Å². The number of Topliss-reactive ketones (excluding diaryl/α,β-unsaturated/α-hetero) is 1.